The summed E-state index contributed by atoms with van der Waals surface area (Å²) in [6, 6.07) is 16.2. The minimum Gasteiger partial charge on any atom is -0.371 e. The van der Waals surface area contributed by atoms with Gasteiger partial charge >= 0.3 is 0 Å². The van der Waals surface area contributed by atoms with E-state index in [1.807, 2.05) is 55.4 Å². The van der Waals surface area contributed by atoms with Crippen molar-refractivity contribution >= 4 is 17.5 Å². The van der Waals surface area contributed by atoms with Crippen LogP contribution in [-0.2, 0) is 5.41 Å². The molecule has 6 nitrogen and oxygen atoms in total. The Bertz CT molecular complexity index is 1430. The Morgan fingerprint density at radius 2 is 1.51 bits per heavy atom. The first kappa shape index (κ1) is 27.5. The van der Waals surface area contributed by atoms with Crippen molar-refractivity contribution in [3.63, 3.8) is 0 Å². The lowest BCUT2D eigenvalue weighted by Crippen LogP contribution is -2.48. The summed E-state index contributed by atoms with van der Waals surface area (Å²) in [5.74, 6) is 0.0729. The average molecular weight is 551 g/mol. The number of nitrogens with one attached hydrogen (secondary N) is 1. The predicted octanol–water partition coefficient (Wildman–Crippen LogP) is 6.37. The van der Waals surface area contributed by atoms with E-state index in [2.05, 4.69) is 53.3 Å². The number of likely N-dealkylation sites (tertiary alicyclic amines) is 1. The topological polar surface area (TPSA) is 65.5 Å². The van der Waals surface area contributed by atoms with Crippen molar-refractivity contribution in [3.8, 4) is 0 Å². The van der Waals surface area contributed by atoms with E-state index < -0.39 is 0 Å². The number of nitrogens with zero attached hydrogens (tertiary/aromatic N) is 3. The summed E-state index contributed by atoms with van der Waals surface area (Å²) < 4.78 is 0. The van der Waals surface area contributed by atoms with Crippen LogP contribution >= 0.6 is 0 Å². The van der Waals surface area contributed by atoms with Crippen LogP contribution in [0.5, 0.6) is 0 Å². The number of fused-ring (bicyclic) bond motifs is 1. The van der Waals surface area contributed by atoms with E-state index in [0.29, 0.717) is 5.41 Å². The van der Waals surface area contributed by atoms with Crippen molar-refractivity contribution in [2.45, 2.75) is 71.3 Å². The van der Waals surface area contributed by atoms with E-state index in [1.165, 1.54) is 24.1 Å². The summed E-state index contributed by atoms with van der Waals surface area (Å²) in [6.45, 7) is 12.2. The highest BCUT2D eigenvalue weighted by atomic mass is 16.2. The zero-order chi connectivity index (χ0) is 28.8. The van der Waals surface area contributed by atoms with Gasteiger partial charge in [0.25, 0.3) is 11.8 Å². The van der Waals surface area contributed by atoms with Gasteiger partial charge in [-0.25, -0.2) is 0 Å². The molecule has 1 atom stereocenters. The molecule has 3 heterocycles. The van der Waals surface area contributed by atoms with E-state index >= 15 is 0 Å². The van der Waals surface area contributed by atoms with Gasteiger partial charge < -0.3 is 15.1 Å². The third kappa shape index (κ3) is 5.25. The van der Waals surface area contributed by atoms with Crippen molar-refractivity contribution in [2.75, 3.05) is 31.1 Å². The van der Waals surface area contributed by atoms with Crippen molar-refractivity contribution in [2.24, 2.45) is 5.41 Å². The summed E-state index contributed by atoms with van der Waals surface area (Å²) in [7, 11) is 0. The fourth-order valence-corrected chi connectivity index (χ4v) is 7.52. The first-order chi connectivity index (χ1) is 19.7. The molecular weight excluding hydrogens is 508 g/mol. The Hall–Kier alpha value is -3.67. The third-order valence-electron chi connectivity index (χ3n) is 10.1. The van der Waals surface area contributed by atoms with Gasteiger partial charge in [0.05, 0.1) is 6.04 Å². The number of amides is 2. The highest BCUT2D eigenvalue weighted by molar-refractivity contribution is 5.98. The number of benzene rings is 2. The van der Waals surface area contributed by atoms with Gasteiger partial charge in [0.15, 0.2) is 0 Å². The molecule has 1 spiro atoms. The van der Waals surface area contributed by atoms with Crippen LogP contribution in [-0.4, -0.2) is 47.9 Å². The Kier molecular flexibility index (Phi) is 7.13. The largest absolute Gasteiger partial charge is 0.371 e. The first-order valence-electron chi connectivity index (χ1n) is 15.1. The van der Waals surface area contributed by atoms with Gasteiger partial charge in [0, 0.05) is 55.4 Å². The SMILES string of the molecule is Cc1cccc(C)c1C(=O)NC1CC(C)(C)c2ccc(C(=O)N3CCC4(CC3)CCN(c3ccncc3)CC4)cc21. The van der Waals surface area contributed by atoms with Crippen LogP contribution < -0.4 is 10.2 Å². The van der Waals surface area contributed by atoms with E-state index in [-0.39, 0.29) is 23.3 Å². The summed E-state index contributed by atoms with van der Waals surface area (Å²) in [6.07, 6.45) is 9.03. The number of hydrogen-bond acceptors (Lipinski definition) is 4. The quantitative estimate of drug-likeness (QED) is 0.410. The molecule has 214 valence electrons. The smallest absolute Gasteiger partial charge is 0.253 e. The summed E-state index contributed by atoms with van der Waals surface area (Å²) in [4.78, 5) is 35.8. The van der Waals surface area contributed by atoms with E-state index in [4.69, 9.17) is 0 Å². The van der Waals surface area contributed by atoms with Crippen LogP contribution in [0.25, 0.3) is 0 Å². The molecule has 2 amide bonds. The third-order valence-corrected chi connectivity index (χ3v) is 10.1. The maximum absolute atomic E-state index is 13.7. The van der Waals surface area contributed by atoms with E-state index in [9.17, 15) is 9.59 Å². The normalized spacial score (nSPS) is 21.0. The fraction of sp³-hybridized carbons (Fsp3) is 0.457. The Morgan fingerprint density at radius 1 is 0.878 bits per heavy atom. The maximum atomic E-state index is 13.7. The van der Waals surface area contributed by atoms with Gasteiger partial charge in [-0.05, 0) is 103 Å². The Balaban J connectivity index is 1.13. The number of piperidine rings is 2. The minimum atomic E-state index is -0.116. The Labute approximate surface area is 244 Å². The highest BCUT2D eigenvalue weighted by Crippen LogP contribution is 2.46. The number of pyridine rings is 1. The molecule has 0 radical (unpaired) electrons. The van der Waals surface area contributed by atoms with Gasteiger partial charge in [-0.15, -0.1) is 0 Å². The number of aryl methyl sites for hydroxylation is 2. The molecule has 1 aliphatic carbocycles. The second kappa shape index (κ2) is 10.6. The molecule has 0 bridgehead atoms. The van der Waals surface area contributed by atoms with Crippen LogP contribution in [0, 0.1) is 19.3 Å². The summed E-state index contributed by atoms with van der Waals surface area (Å²) >= 11 is 0. The molecule has 41 heavy (non-hydrogen) atoms. The van der Waals surface area contributed by atoms with Crippen LogP contribution in [0.3, 0.4) is 0 Å². The summed E-state index contributed by atoms with van der Waals surface area (Å²) in [5.41, 5.74) is 7.27. The zero-order valence-corrected chi connectivity index (χ0v) is 24.9. The van der Waals surface area contributed by atoms with Crippen molar-refractivity contribution in [3.05, 3.63) is 94.3 Å². The van der Waals surface area contributed by atoms with Crippen LogP contribution in [0.4, 0.5) is 5.69 Å². The maximum Gasteiger partial charge on any atom is 0.253 e. The number of aromatic nitrogens is 1. The predicted molar refractivity (Wildman–Crippen MR) is 163 cm³/mol. The van der Waals surface area contributed by atoms with Gasteiger partial charge in [-0.2, -0.15) is 0 Å². The molecule has 1 unspecified atom stereocenters. The standard InChI is InChI=1S/C35H42N4O2/c1-24-6-5-7-25(2)31(24)32(40)37-30-23-34(3,4)29-9-8-26(22-28(29)30)33(41)39-20-14-35(15-21-39)12-18-38(19-13-35)27-10-16-36-17-11-27/h5-11,16-17,22,30H,12-15,18-21,23H2,1-4H3,(H,37,40). The molecule has 6 heteroatoms. The van der Waals surface area contributed by atoms with Gasteiger partial charge in [0.2, 0.25) is 0 Å². The lowest BCUT2D eigenvalue weighted by atomic mass is 9.71. The van der Waals surface area contributed by atoms with Crippen molar-refractivity contribution in [1.29, 1.82) is 0 Å². The van der Waals surface area contributed by atoms with Gasteiger partial charge in [-0.1, -0.05) is 38.1 Å². The zero-order valence-electron chi connectivity index (χ0n) is 24.9. The monoisotopic (exact) mass is 550 g/mol. The molecule has 1 N–H and O–H groups in total. The molecule has 6 rings (SSSR count). The number of hydrogen-bond donors (Lipinski definition) is 1. The molecule has 0 saturated carbocycles. The summed E-state index contributed by atoms with van der Waals surface area (Å²) in [5, 5.41) is 3.32. The van der Waals surface area contributed by atoms with Gasteiger partial charge in [0.1, 0.15) is 0 Å². The second-order valence-electron chi connectivity index (χ2n) is 13.2. The average Bonchev–Trinajstić information content (AvgIpc) is 3.22. The van der Waals surface area contributed by atoms with Crippen molar-refractivity contribution in [1.82, 2.24) is 15.2 Å². The van der Waals surface area contributed by atoms with Gasteiger partial charge in [-0.3, -0.25) is 14.6 Å². The van der Waals surface area contributed by atoms with Crippen LogP contribution in [0.15, 0.2) is 60.9 Å². The number of anilines is 1. The molecule has 3 aromatic rings. The minimum absolute atomic E-state index is 0.0395. The van der Waals surface area contributed by atoms with Crippen LogP contribution in [0.2, 0.25) is 0 Å². The number of carbonyl (C=O) groups is 2. The second-order valence-corrected chi connectivity index (χ2v) is 13.2. The fourth-order valence-electron chi connectivity index (χ4n) is 7.52. The molecule has 1 aromatic heterocycles. The number of carbonyl (C=O) groups excluding carboxylic acids is 2. The van der Waals surface area contributed by atoms with Crippen LogP contribution in [0.1, 0.15) is 95.0 Å². The van der Waals surface area contributed by atoms with E-state index in [1.54, 1.807) is 0 Å². The molecule has 2 aliphatic heterocycles. The molecule has 3 aliphatic rings. The molecule has 2 saturated heterocycles. The Morgan fingerprint density at radius 3 is 2.17 bits per heavy atom. The molecular formula is C35H42N4O2. The lowest BCUT2D eigenvalue weighted by Gasteiger charge is -2.47. The number of rotatable bonds is 4. The van der Waals surface area contributed by atoms with Crippen molar-refractivity contribution < 1.29 is 9.59 Å². The van der Waals surface area contributed by atoms with E-state index in [0.717, 1.165) is 73.3 Å². The molecule has 2 fully saturated rings. The molecule has 2 aromatic carbocycles. The first-order valence-corrected chi connectivity index (χ1v) is 15.1. The lowest BCUT2D eigenvalue weighted by molar-refractivity contribution is 0.0515. The highest BCUT2D eigenvalue weighted by Gasteiger charge is 2.41.